The largest absolute Gasteiger partial charge is 0.494 e. The van der Waals surface area contributed by atoms with Gasteiger partial charge in [-0.25, -0.2) is 14.4 Å². The number of amides is 1. The second-order valence-corrected chi connectivity index (χ2v) is 10.2. The fraction of sp³-hybridized carbons (Fsp3) is 0.370. The number of carbonyl (C=O) groups is 1. The Morgan fingerprint density at radius 3 is 2.67 bits per heavy atom. The first-order valence-corrected chi connectivity index (χ1v) is 12.4. The molecule has 0 saturated heterocycles. The van der Waals surface area contributed by atoms with Gasteiger partial charge in [-0.05, 0) is 32.3 Å². The van der Waals surface area contributed by atoms with E-state index >= 15 is 0 Å². The number of fused-ring (bicyclic) bond motifs is 1. The Morgan fingerprint density at radius 1 is 1.21 bits per heavy atom. The Morgan fingerprint density at radius 2 is 1.97 bits per heavy atom. The normalized spacial score (nSPS) is 13.7. The van der Waals surface area contributed by atoms with Crippen molar-refractivity contribution in [1.82, 2.24) is 24.8 Å². The molecule has 2 N–H and O–H groups in total. The van der Waals surface area contributed by atoms with Crippen LogP contribution in [0.1, 0.15) is 19.5 Å². The van der Waals surface area contributed by atoms with Gasteiger partial charge in [0.25, 0.3) is 0 Å². The molecule has 206 valence electrons. The monoisotopic (exact) mass is 535 g/mol. The van der Waals surface area contributed by atoms with Crippen molar-refractivity contribution in [3.63, 3.8) is 0 Å². The van der Waals surface area contributed by atoms with Crippen molar-refractivity contribution < 1.29 is 13.9 Å². The van der Waals surface area contributed by atoms with E-state index in [1.807, 2.05) is 46.0 Å². The molecule has 0 fully saturated rings. The van der Waals surface area contributed by atoms with E-state index in [0.717, 1.165) is 18.8 Å². The van der Waals surface area contributed by atoms with Crippen molar-refractivity contribution in [2.75, 3.05) is 68.3 Å². The third kappa shape index (κ3) is 5.90. The zero-order valence-corrected chi connectivity index (χ0v) is 23.1. The van der Waals surface area contributed by atoms with Gasteiger partial charge in [0.05, 0.1) is 29.9 Å². The lowest BCUT2D eigenvalue weighted by atomic mass is 9.91. The van der Waals surface area contributed by atoms with Crippen LogP contribution in [0.2, 0.25) is 0 Å². The molecule has 1 aliphatic heterocycles. The highest BCUT2D eigenvalue weighted by Crippen LogP contribution is 2.43. The lowest BCUT2D eigenvalue weighted by molar-refractivity contribution is -0.111. The molecule has 0 spiro atoms. The van der Waals surface area contributed by atoms with Gasteiger partial charge >= 0.3 is 0 Å². The Labute approximate surface area is 227 Å². The first-order chi connectivity index (χ1) is 18.5. The van der Waals surface area contributed by atoms with Gasteiger partial charge in [-0.15, -0.1) is 0 Å². The van der Waals surface area contributed by atoms with Gasteiger partial charge in [0, 0.05) is 44.4 Å². The number of aromatic nitrogens is 4. The number of carbonyl (C=O) groups excluding carboxylic acids is 1. The van der Waals surface area contributed by atoms with E-state index in [1.165, 1.54) is 24.7 Å². The molecule has 1 aliphatic rings. The fourth-order valence-electron chi connectivity index (χ4n) is 4.41. The topological polar surface area (TPSA) is 112 Å². The highest BCUT2D eigenvalue weighted by atomic mass is 19.1. The van der Waals surface area contributed by atoms with Crippen LogP contribution in [0.5, 0.6) is 5.75 Å². The number of nitrogens with zero attached hydrogens (tertiary/aromatic N) is 7. The van der Waals surface area contributed by atoms with E-state index in [0.29, 0.717) is 35.1 Å². The van der Waals surface area contributed by atoms with Crippen LogP contribution in [0.3, 0.4) is 0 Å². The van der Waals surface area contributed by atoms with E-state index in [2.05, 4.69) is 42.0 Å². The molecule has 0 aliphatic carbocycles. The number of rotatable bonds is 10. The summed E-state index contributed by atoms with van der Waals surface area (Å²) in [5.74, 6) is 0.289. The molecule has 0 radical (unpaired) electrons. The van der Waals surface area contributed by atoms with Gasteiger partial charge in [-0.2, -0.15) is 4.98 Å². The van der Waals surface area contributed by atoms with Crippen LogP contribution in [0.4, 0.5) is 39.0 Å². The highest BCUT2D eigenvalue weighted by molar-refractivity contribution is 6.02. The van der Waals surface area contributed by atoms with Crippen LogP contribution in [0, 0.1) is 5.82 Å². The van der Waals surface area contributed by atoms with Crippen LogP contribution >= 0.6 is 0 Å². The summed E-state index contributed by atoms with van der Waals surface area (Å²) < 4.78 is 20.5. The summed E-state index contributed by atoms with van der Waals surface area (Å²) in [5, 5.41) is 6.04. The number of likely N-dealkylation sites (N-methyl/N-ethyl adjacent to an activating group) is 2. The van der Waals surface area contributed by atoms with Gasteiger partial charge in [0.15, 0.2) is 0 Å². The van der Waals surface area contributed by atoms with E-state index in [9.17, 15) is 9.18 Å². The molecule has 3 aromatic rings. The van der Waals surface area contributed by atoms with Gasteiger partial charge in [0.1, 0.15) is 23.6 Å². The van der Waals surface area contributed by atoms with Gasteiger partial charge in [0.2, 0.25) is 17.8 Å². The molecule has 3 heterocycles. The molecule has 0 unspecified atom stereocenters. The predicted octanol–water partition coefficient (Wildman–Crippen LogP) is 3.71. The summed E-state index contributed by atoms with van der Waals surface area (Å²) in [6.45, 7) is 9.54. The van der Waals surface area contributed by atoms with E-state index in [1.54, 1.807) is 18.1 Å². The molecule has 11 nitrogen and oxygen atoms in total. The third-order valence-electron chi connectivity index (χ3n) is 6.44. The number of nitrogens with one attached hydrogen (secondary N) is 2. The minimum Gasteiger partial charge on any atom is -0.494 e. The zero-order chi connectivity index (χ0) is 28.3. The molecular weight excluding hydrogens is 501 g/mol. The van der Waals surface area contributed by atoms with E-state index < -0.39 is 11.2 Å². The second kappa shape index (κ2) is 11.2. The maximum absolute atomic E-state index is 14.9. The number of anilines is 6. The SMILES string of the molecule is C=CC(=O)Nc1cc(Nc2ncnc(N3CC(C)(C)c4nccc(F)c43)n2)c(OC)cc1N(C)CCN(C)C. The molecule has 0 atom stereocenters. The Kier molecular flexibility index (Phi) is 7.95. The van der Waals surface area contributed by atoms with Crippen LogP contribution in [0.25, 0.3) is 0 Å². The minimum atomic E-state index is -0.395. The summed E-state index contributed by atoms with van der Waals surface area (Å²) >= 11 is 0. The average molecular weight is 536 g/mol. The molecule has 39 heavy (non-hydrogen) atoms. The van der Waals surface area contributed by atoms with Crippen LogP contribution in [0.15, 0.2) is 43.4 Å². The molecule has 4 rings (SSSR count). The lowest BCUT2D eigenvalue weighted by Crippen LogP contribution is -2.29. The minimum absolute atomic E-state index is 0.226. The smallest absolute Gasteiger partial charge is 0.247 e. The summed E-state index contributed by atoms with van der Waals surface area (Å²) in [5.41, 5.74) is 2.46. The van der Waals surface area contributed by atoms with Crippen LogP contribution in [-0.2, 0) is 10.2 Å². The summed E-state index contributed by atoms with van der Waals surface area (Å²) in [7, 11) is 7.50. The average Bonchev–Trinajstić information content (AvgIpc) is 3.19. The first kappa shape index (κ1) is 27.7. The molecule has 1 aromatic carbocycles. The molecule has 1 amide bonds. The predicted molar refractivity (Wildman–Crippen MR) is 151 cm³/mol. The van der Waals surface area contributed by atoms with E-state index in [-0.39, 0.29) is 17.8 Å². The number of benzene rings is 1. The maximum Gasteiger partial charge on any atom is 0.247 e. The number of halogens is 1. The highest BCUT2D eigenvalue weighted by Gasteiger charge is 2.40. The fourth-order valence-corrected chi connectivity index (χ4v) is 4.41. The number of hydrogen-bond acceptors (Lipinski definition) is 10. The molecule has 0 saturated carbocycles. The van der Waals surface area contributed by atoms with Gasteiger partial charge in [-0.3, -0.25) is 9.78 Å². The summed E-state index contributed by atoms with van der Waals surface area (Å²) in [6.07, 6.45) is 4.04. The van der Waals surface area contributed by atoms with Crippen molar-refractivity contribution in [2.45, 2.75) is 19.3 Å². The quantitative estimate of drug-likeness (QED) is 0.373. The number of pyridine rings is 1. The molecule has 0 bridgehead atoms. The standard InChI is InChI=1S/C27H34FN9O2/c1-8-22(38)32-18-13-19(21(39-7)14-20(18)36(6)12-11-35(4)5)33-25-30-16-31-26(34-25)37-15-27(2,3)24-23(37)17(28)9-10-29-24/h8-10,13-14,16H,1,11-12,15H2,2-7H3,(H,32,38)(H,30,31,33,34). The number of hydrogen-bond donors (Lipinski definition) is 2. The Bertz CT molecular complexity index is 1380. The summed E-state index contributed by atoms with van der Waals surface area (Å²) in [6, 6.07) is 4.91. The number of ether oxygens (including phenoxy) is 1. The van der Waals surface area contributed by atoms with Crippen LogP contribution in [-0.4, -0.2) is 78.6 Å². The maximum atomic E-state index is 14.9. The summed E-state index contributed by atoms with van der Waals surface area (Å²) in [4.78, 5) is 35.6. The van der Waals surface area contributed by atoms with Crippen molar-refractivity contribution in [3.8, 4) is 5.75 Å². The molecule has 12 heteroatoms. The Balaban J connectivity index is 1.69. The van der Waals surface area contributed by atoms with Gasteiger partial charge in [-0.1, -0.05) is 20.4 Å². The van der Waals surface area contributed by atoms with Crippen LogP contribution < -0.4 is 25.2 Å². The second-order valence-electron chi connectivity index (χ2n) is 10.2. The molecule has 2 aromatic heterocycles. The van der Waals surface area contributed by atoms with Crippen molar-refractivity contribution in [2.24, 2.45) is 0 Å². The zero-order valence-electron chi connectivity index (χ0n) is 23.1. The third-order valence-corrected chi connectivity index (χ3v) is 6.44. The first-order valence-electron chi connectivity index (χ1n) is 12.4. The van der Waals surface area contributed by atoms with Crippen molar-refractivity contribution in [3.05, 3.63) is 54.9 Å². The lowest BCUT2D eigenvalue weighted by Gasteiger charge is -2.26. The van der Waals surface area contributed by atoms with E-state index in [4.69, 9.17) is 4.74 Å². The Hall–Kier alpha value is -4.32. The molecular formula is C27H34FN9O2. The van der Waals surface area contributed by atoms with Gasteiger partial charge < -0.3 is 30.1 Å². The van der Waals surface area contributed by atoms with Crippen molar-refractivity contribution >= 4 is 40.6 Å². The van der Waals surface area contributed by atoms with Crippen molar-refractivity contribution in [1.29, 1.82) is 0 Å². The number of methoxy groups -OCH3 is 1.